The molecule has 0 spiro atoms. The summed E-state index contributed by atoms with van der Waals surface area (Å²) in [4.78, 5) is 11.1. The lowest BCUT2D eigenvalue weighted by Crippen LogP contribution is -2.06. The Hall–Kier alpha value is -2.86. The summed E-state index contributed by atoms with van der Waals surface area (Å²) in [6.07, 6.45) is 16.7. The molecule has 0 fully saturated rings. The number of rotatable bonds is 6. The van der Waals surface area contributed by atoms with E-state index in [4.69, 9.17) is 10.00 Å². The molecule has 0 saturated heterocycles. The van der Waals surface area contributed by atoms with E-state index in [0.717, 1.165) is 19.3 Å². The van der Waals surface area contributed by atoms with Crippen LogP contribution in [0.25, 0.3) is 0 Å². The zero-order valence-corrected chi connectivity index (χ0v) is 21.3. The number of hydrogen-bond acceptors (Lipinski definition) is 3. The first-order valence-electron chi connectivity index (χ1n) is 11.9. The van der Waals surface area contributed by atoms with E-state index in [9.17, 15) is 4.79 Å². The number of allylic oxidation sites excluding steroid dienone is 6. The Morgan fingerprint density at radius 3 is 2.06 bits per heavy atom. The molecule has 0 heterocycles. The van der Waals surface area contributed by atoms with Gasteiger partial charge >= 0.3 is 5.97 Å². The molecule has 176 valence electrons. The number of nitrogens with zero attached hydrogens (tertiary/aromatic N) is 1. The van der Waals surface area contributed by atoms with Gasteiger partial charge in [0, 0.05) is 5.57 Å². The summed E-state index contributed by atoms with van der Waals surface area (Å²) < 4.78 is 4.82. The molecule has 0 bridgehead atoms. The smallest absolute Gasteiger partial charge is 0.337 e. The molecular weight excluding hydrogens is 394 g/mol. The van der Waals surface area contributed by atoms with Crippen molar-refractivity contribution in [2.75, 3.05) is 6.61 Å². The third-order valence-corrected chi connectivity index (χ3v) is 4.26. The molecule has 0 atom stereocenters. The molecule has 3 nitrogen and oxygen atoms in total. The number of nitriles is 1. The van der Waals surface area contributed by atoms with Gasteiger partial charge in [-0.05, 0) is 63.7 Å². The number of benzene rings is 1. The highest BCUT2D eigenvalue weighted by Gasteiger charge is 2.07. The van der Waals surface area contributed by atoms with E-state index >= 15 is 0 Å². The van der Waals surface area contributed by atoms with Crippen LogP contribution in [0.4, 0.5) is 0 Å². The van der Waals surface area contributed by atoms with Gasteiger partial charge < -0.3 is 4.74 Å². The van der Waals surface area contributed by atoms with E-state index in [0.29, 0.717) is 17.8 Å². The SMILES string of the molecule is C/C=C\C(C#N)=C/C.CC.CCCc1ccc(CC)cc1.CCOC(=O)C1=CCCC=C1. The highest BCUT2D eigenvalue weighted by molar-refractivity contribution is 5.91. The molecule has 0 unspecified atom stereocenters. The lowest BCUT2D eigenvalue weighted by molar-refractivity contribution is -0.138. The summed E-state index contributed by atoms with van der Waals surface area (Å²) in [5.74, 6) is -0.205. The molecule has 0 aromatic heterocycles. The predicted octanol–water partition coefficient (Wildman–Crippen LogP) is 8.09. The fraction of sp³-hybridized carbons (Fsp3) is 0.448. The second kappa shape index (κ2) is 22.8. The first kappa shape index (κ1) is 31.3. The Bertz CT molecular complexity index is 759. The first-order valence-corrected chi connectivity index (χ1v) is 11.9. The molecule has 3 heteroatoms. The van der Waals surface area contributed by atoms with E-state index in [-0.39, 0.29) is 5.97 Å². The number of carbonyl (C=O) groups is 1. The second-order valence-corrected chi connectivity index (χ2v) is 6.64. The molecule has 1 aliphatic carbocycles. The van der Waals surface area contributed by atoms with E-state index < -0.39 is 0 Å². The van der Waals surface area contributed by atoms with Crippen LogP contribution in [0.15, 0.2) is 71.9 Å². The summed E-state index contributed by atoms with van der Waals surface area (Å²) in [7, 11) is 0. The van der Waals surface area contributed by atoms with Crippen LogP contribution >= 0.6 is 0 Å². The third-order valence-electron chi connectivity index (χ3n) is 4.26. The molecule has 1 aromatic carbocycles. The van der Waals surface area contributed by atoms with Crippen LogP contribution in [0.3, 0.4) is 0 Å². The van der Waals surface area contributed by atoms with Crippen LogP contribution in [0.2, 0.25) is 0 Å². The van der Waals surface area contributed by atoms with E-state index in [2.05, 4.69) is 38.1 Å². The normalized spacial score (nSPS) is 12.1. The van der Waals surface area contributed by atoms with Gasteiger partial charge in [-0.3, -0.25) is 0 Å². The predicted molar refractivity (Wildman–Crippen MR) is 138 cm³/mol. The number of hydrogen-bond donors (Lipinski definition) is 0. The molecule has 0 amide bonds. The van der Waals surface area contributed by atoms with E-state index in [1.54, 1.807) is 12.2 Å². The highest BCUT2D eigenvalue weighted by Crippen LogP contribution is 2.10. The van der Waals surface area contributed by atoms with Gasteiger partial charge in [0.2, 0.25) is 0 Å². The number of ether oxygens (including phenoxy) is 1. The summed E-state index contributed by atoms with van der Waals surface area (Å²) in [6.45, 7) is 14.4. The van der Waals surface area contributed by atoms with Gasteiger partial charge in [0.1, 0.15) is 0 Å². The van der Waals surface area contributed by atoms with Crippen molar-refractivity contribution in [2.45, 2.75) is 80.6 Å². The summed E-state index contributed by atoms with van der Waals surface area (Å²) >= 11 is 0. The number of aryl methyl sites for hydroxylation is 2. The number of carbonyl (C=O) groups excluding carboxylic acids is 1. The van der Waals surface area contributed by atoms with Crippen molar-refractivity contribution in [1.29, 1.82) is 5.26 Å². The van der Waals surface area contributed by atoms with Crippen LogP contribution in [-0.4, -0.2) is 12.6 Å². The number of esters is 1. The van der Waals surface area contributed by atoms with Crippen LogP contribution < -0.4 is 0 Å². The zero-order chi connectivity index (χ0) is 24.6. The maximum absolute atomic E-state index is 11.1. The van der Waals surface area contributed by atoms with Crippen LogP contribution in [0, 0.1) is 11.3 Å². The fourth-order valence-corrected chi connectivity index (χ4v) is 2.59. The molecule has 1 aliphatic rings. The van der Waals surface area contributed by atoms with Crippen LogP contribution in [0.1, 0.15) is 78.9 Å². The summed E-state index contributed by atoms with van der Waals surface area (Å²) in [5, 5.41) is 8.29. The van der Waals surface area contributed by atoms with Crippen molar-refractivity contribution in [3.05, 3.63) is 83.0 Å². The van der Waals surface area contributed by atoms with Crippen LogP contribution in [0.5, 0.6) is 0 Å². The van der Waals surface area contributed by atoms with Crippen molar-refractivity contribution >= 4 is 5.97 Å². The van der Waals surface area contributed by atoms with E-state index in [1.165, 1.54) is 24.0 Å². The van der Waals surface area contributed by atoms with Gasteiger partial charge in [-0.1, -0.05) is 88.8 Å². The standard InChI is InChI=1S/C11H16.C9H12O2.C7H9N.C2H6/c1-3-5-11-8-6-10(4-2)7-9-11;1-2-11-9(10)8-6-4-3-5-7-8;1-3-5-7(4-2)6-8;1-2/h6-9H,3-5H2,1-2H3;4,6-7H,2-3,5H2,1H3;3-5H,1-2H3;1-2H3/b;;5-3-,7-4+;. The first-order chi connectivity index (χ1) is 15.6. The summed E-state index contributed by atoms with van der Waals surface area (Å²) in [5.41, 5.74) is 4.31. The summed E-state index contributed by atoms with van der Waals surface area (Å²) in [6, 6.07) is 11.0. The van der Waals surface area contributed by atoms with Gasteiger partial charge in [0.15, 0.2) is 0 Å². The Morgan fingerprint density at radius 2 is 1.69 bits per heavy atom. The minimum absolute atomic E-state index is 0.205. The van der Waals surface area contributed by atoms with Gasteiger partial charge in [-0.2, -0.15) is 5.26 Å². The molecule has 2 rings (SSSR count). The molecule has 0 N–H and O–H groups in total. The second-order valence-electron chi connectivity index (χ2n) is 6.64. The van der Waals surface area contributed by atoms with E-state index in [1.807, 2.05) is 65.0 Å². The maximum Gasteiger partial charge on any atom is 0.337 e. The molecule has 0 saturated carbocycles. The maximum atomic E-state index is 11.1. The quantitative estimate of drug-likeness (QED) is 0.257. The average molecular weight is 438 g/mol. The Kier molecular flexibility index (Phi) is 22.3. The largest absolute Gasteiger partial charge is 0.462 e. The van der Waals surface area contributed by atoms with Crippen LogP contribution in [-0.2, 0) is 22.4 Å². The molecule has 0 aliphatic heterocycles. The average Bonchev–Trinajstić information content (AvgIpc) is 2.86. The highest BCUT2D eigenvalue weighted by atomic mass is 16.5. The van der Waals surface area contributed by atoms with Gasteiger partial charge in [0.05, 0.1) is 18.2 Å². The minimum atomic E-state index is -0.205. The molecule has 0 radical (unpaired) electrons. The minimum Gasteiger partial charge on any atom is -0.462 e. The molecular formula is C29H43NO2. The van der Waals surface area contributed by atoms with Crippen molar-refractivity contribution in [1.82, 2.24) is 0 Å². The van der Waals surface area contributed by atoms with Crippen molar-refractivity contribution in [3.8, 4) is 6.07 Å². The topological polar surface area (TPSA) is 50.1 Å². The zero-order valence-electron chi connectivity index (χ0n) is 21.3. The lowest BCUT2D eigenvalue weighted by Gasteiger charge is -2.04. The third kappa shape index (κ3) is 15.9. The molecule has 32 heavy (non-hydrogen) atoms. The Labute approximate surface area is 197 Å². The Balaban J connectivity index is 0. The van der Waals surface area contributed by atoms with Crippen molar-refractivity contribution in [2.24, 2.45) is 0 Å². The monoisotopic (exact) mass is 437 g/mol. The Morgan fingerprint density at radius 1 is 1.06 bits per heavy atom. The van der Waals surface area contributed by atoms with Gasteiger partial charge in [-0.25, -0.2) is 4.79 Å². The fourth-order valence-electron chi connectivity index (χ4n) is 2.59. The molecule has 1 aromatic rings. The van der Waals surface area contributed by atoms with Crippen molar-refractivity contribution in [3.63, 3.8) is 0 Å². The van der Waals surface area contributed by atoms with Crippen molar-refractivity contribution < 1.29 is 9.53 Å². The van der Waals surface area contributed by atoms with Gasteiger partial charge in [-0.15, -0.1) is 0 Å². The lowest BCUT2D eigenvalue weighted by atomic mass is 10.1. The van der Waals surface area contributed by atoms with Gasteiger partial charge in [0.25, 0.3) is 0 Å².